The fourth-order valence-corrected chi connectivity index (χ4v) is 0.993. The normalized spacial score (nSPS) is 12.9. The van der Waals surface area contributed by atoms with E-state index in [4.69, 9.17) is 4.74 Å². The van der Waals surface area contributed by atoms with E-state index in [1.165, 1.54) is 0 Å². The van der Waals surface area contributed by atoms with Crippen LogP contribution in [0.25, 0.3) is 0 Å². The summed E-state index contributed by atoms with van der Waals surface area (Å²) in [5.41, 5.74) is 1.57. The zero-order valence-electron chi connectivity index (χ0n) is 7.32. The maximum absolute atomic E-state index is 9.46. The first-order valence-corrected chi connectivity index (χ1v) is 3.84. The highest BCUT2D eigenvalue weighted by Gasteiger charge is 2.07. The number of methoxy groups -OCH3 is 1. The fourth-order valence-electron chi connectivity index (χ4n) is 0.993. The van der Waals surface area contributed by atoms with Crippen LogP contribution < -0.4 is 0 Å². The first-order chi connectivity index (χ1) is 5.74. The highest BCUT2D eigenvalue weighted by molar-refractivity contribution is 5.11. The lowest BCUT2D eigenvalue weighted by atomic mass is 10.2. The lowest BCUT2D eigenvalue weighted by Gasteiger charge is -2.08. The van der Waals surface area contributed by atoms with Crippen LogP contribution in [-0.2, 0) is 4.74 Å². The first kappa shape index (κ1) is 9.16. The second-order valence-electron chi connectivity index (χ2n) is 2.67. The molecular weight excluding hydrogens is 154 g/mol. The second-order valence-corrected chi connectivity index (χ2v) is 2.67. The molecule has 0 aliphatic heterocycles. The Balaban J connectivity index is 2.73. The van der Waals surface area contributed by atoms with E-state index in [-0.39, 0.29) is 6.61 Å². The van der Waals surface area contributed by atoms with Crippen molar-refractivity contribution in [2.45, 2.75) is 13.0 Å². The van der Waals surface area contributed by atoms with Crippen molar-refractivity contribution in [2.75, 3.05) is 13.7 Å². The molecule has 0 saturated heterocycles. The molecule has 0 radical (unpaired) electrons. The number of aliphatic hydroxyl groups is 1. The number of ether oxygens (including phenoxy) is 1. The molecule has 1 rings (SSSR count). The van der Waals surface area contributed by atoms with Crippen molar-refractivity contribution < 1.29 is 9.84 Å². The number of aliphatic hydroxyl groups excluding tert-OH is 1. The van der Waals surface area contributed by atoms with Crippen molar-refractivity contribution in [1.29, 1.82) is 0 Å². The Hall–Kier alpha value is -0.930. The summed E-state index contributed by atoms with van der Waals surface area (Å²) in [4.78, 5) is 4.16. The van der Waals surface area contributed by atoms with Gasteiger partial charge in [-0.25, -0.2) is 0 Å². The number of nitrogens with zero attached hydrogens (tertiary/aromatic N) is 1. The van der Waals surface area contributed by atoms with Crippen LogP contribution in [0.3, 0.4) is 0 Å². The lowest BCUT2D eigenvalue weighted by molar-refractivity contribution is 0.0616. The third-order valence-electron chi connectivity index (χ3n) is 1.58. The summed E-state index contributed by atoms with van der Waals surface area (Å²) in [6.07, 6.45) is -0.616. The molecule has 0 aliphatic rings. The smallest absolute Gasteiger partial charge is 0.119 e. The van der Waals surface area contributed by atoms with E-state index in [1.54, 1.807) is 13.2 Å². The molecule has 0 amide bonds. The predicted octanol–water partition coefficient (Wildman–Crippen LogP) is 1.07. The third-order valence-corrected chi connectivity index (χ3v) is 1.58. The maximum atomic E-state index is 9.46. The zero-order valence-corrected chi connectivity index (χ0v) is 7.32. The highest BCUT2D eigenvalue weighted by atomic mass is 16.5. The van der Waals surface area contributed by atoms with Gasteiger partial charge in [-0.3, -0.25) is 4.98 Å². The molecule has 0 saturated carbocycles. The number of pyridine rings is 1. The fraction of sp³-hybridized carbons (Fsp3) is 0.444. The molecule has 1 aromatic rings. The Morgan fingerprint density at radius 3 is 2.92 bits per heavy atom. The molecule has 0 aromatic carbocycles. The Kier molecular flexibility index (Phi) is 3.19. The highest BCUT2D eigenvalue weighted by Crippen LogP contribution is 2.09. The van der Waals surface area contributed by atoms with Crippen LogP contribution >= 0.6 is 0 Å². The molecule has 0 bridgehead atoms. The second kappa shape index (κ2) is 4.18. The molecule has 1 N–H and O–H groups in total. The average molecular weight is 167 g/mol. The number of rotatable bonds is 3. The standard InChI is InChI=1S/C9H13NO2/c1-7-4-3-5-8(10-7)9(11)6-12-2/h3-5,9,11H,6H2,1-2H3. The van der Waals surface area contributed by atoms with Gasteiger partial charge in [-0.1, -0.05) is 6.07 Å². The van der Waals surface area contributed by atoms with Crippen LogP contribution in [0, 0.1) is 6.92 Å². The molecular formula is C9H13NO2. The van der Waals surface area contributed by atoms with Crippen molar-refractivity contribution in [3.05, 3.63) is 29.6 Å². The Morgan fingerprint density at radius 2 is 2.33 bits per heavy atom. The van der Waals surface area contributed by atoms with E-state index in [2.05, 4.69) is 4.98 Å². The minimum absolute atomic E-state index is 0.288. The van der Waals surface area contributed by atoms with Gasteiger partial charge in [0.05, 0.1) is 12.3 Å². The Bertz CT molecular complexity index is 250. The van der Waals surface area contributed by atoms with E-state index in [9.17, 15) is 5.11 Å². The molecule has 66 valence electrons. The summed E-state index contributed by atoms with van der Waals surface area (Å²) < 4.78 is 4.81. The maximum Gasteiger partial charge on any atom is 0.119 e. The summed E-state index contributed by atoms with van der Waals surface area (Å²) in [6, 6.07) is 5.55. The summed E-state index contributed by atoms with van der Waals surface area (Å²) in [7, 11) is 1.55. The summed E-state index contributed by atoms with van der Waals surface area (Å²) in [5.74, 6) is 0. The van der Waals surface area contributed by atoms with E-state index in [1.807, 2.05) is 19.1 Å². The Morgan fingerprint density at radius 1 is 1.58 bits per heavy atom. The van der Waals surface area contributed by atoms with Crippen LogP contribution in [0.15, 0.2) is 18.2 Å². The van der Waals surface area contributed by atoms with E-state index >= 15 is 0 Å². The average Bonchev–Trinajstić information content (AvgIpc) is 2.05. The number of aromatic nitrogens is 1. The lowest BCUT2D eigenvalue weighted by Crippen LogP contribution is -2.07. The van der Waals surface area contributed by atoms with Gasteiger partial charge in [0.25, 0.3) is 0 Å². The molecule has 1 aromatic heterocycles. The van der Waals surface area contributed by atoms with Gasteiger partial charge in [0.15, 0.2) is 0 Å². The van der Waals surface area contributed by atoms with Gasteiger partial charge in [0.1, 0.15) is 6.10 Å². The molecule has 1 atom stereocenters. The van der Waals surface area contributed by atoms with E-state index in [0.717, 1.165) is 5.69 Å². The van der Waals surface area contributed by atoms with Crippen molar-refractivity contribution in [3.8, 4) is 0 Å². The minimum atomic E-state index is -0.616. The van der Waals surface area contributed by atoms with Gasteiger partial charge < -0.3 is 9.84 Å². The molecule has 0 aliphatic carbocycles. The number of hydrogen-bond donors (Lipinski definition) is 1. The SMILES string of the molecule is COCC(O)c1cccc(C)n1. The van der Waals surface area contributed by atoms with Crippen LogP contribution in [0.4, 0.5) is 0 Å². The van der Waals surface area contributed by atoms with Crippen molar-refractivity contribution >= 4 is 0 Å². The van der Waals surface area contributed by atoms with Crippen LogP contribution in [0.1, 0.15) is 17.5 Å². The van der Waals surface area contributed by atoms with Crippen molar-refractivity contribution in [2.24, 2.45) is 0 Å². The summed E-state index contributed by atoms with van der Waals surface area (Å²) in [5, 5.41) is 9.46. The summed E-state index contributed by atoms with van der Waals surface area (Å²) >= 11 is 0. The van der Waals surface area contributed by atoms with Gasteiger partial charge in [0.2, 0.25) is 0 Å². The molecule has 3 heteroatoms. The number of aryl methyl sites for hydroxylation is 1. The molecule has 12 heavy (non-hydrogen) atoms. The predicted molar refractivity (Wildman–Crippen MR) is 45.8 cm³/mol. The molecule has 3 nitrogen and oxygen atoms in total. The van der Waals surface area contributed by atoms with Crippen LogP contribution in [0.5, 0.6) is 0 Å². The van der Waals surface area contributed by atoms with Crippen LogP contribution in [-0.4, -0.2) is 23.8 Å². The van der Waals surface area contributed by atoms with Crippen molar-refractivity contribution in [1.82, 2.24) is 4.98 Å². The van der Waals surface area contributed by atoms with E-state index < -0.39 is 6.10 Å². The van der Waals surface area contributed by atoms with Gasteiger partial charge in [-0.2, -0.15) is 0 Å². The van der Waals surface area contributed by atoms with Gasteiger partial charge in [-0.15, -0.1) is 0 Å². The Labute approximate surface area is 72.0 Å². The molecule has 0 fully saturated rings. The monoisotopic (exact) mass is 167 g/mol. The largest absolute Gasteiger partial charge is 0.384 e. The van der Waals surface area contributed by atoms with E-state index in [0.29, 0.717) is 5.69 Å². The third kappa shape index (κ3) is 2.29. The minimum Gasteiger partial charge on any atom is -0.384 e. The molecule has 1 unspecified atom stereocenters. The number of hydrogen-bond acceptors (Lipinski definition) is 3. The quantitative estimate of drug-likeness (QED) is 0.732. The first-order valence-electron chi connectivity index (χ1n) is 3.84. The van der Waals surface area contributed by atoms with Crippen molar-refractivity contribution in [3.63, 3.8) is 0 Å². The van der Waals surface area contributed by atoms with Gasteiger partial charge >= 0.3 is 0 Å². The van der Waals surface area contributed by atoms with Gasteiger partial charge in [0, 0.05) is 12.8 Å². The summed E-state index contributed by atoms with van der Waals surface area (Å²) in [6.45, 7) is 2.18. The zero-order chi connectivity index (χ0) is 8.97. The molecule has 1 heterocycles. The van der Waals surface area contributed by atoms with Crippen LogP contribution in [0.2, 0.25) is 0 Å². The molecule has 0 spiro atoms. The van der Waals surface area contributed by atoms with Gasteiger partial charge in [-0.05, 0) is 19.1 Å². The topological polar surface area (TPSA) is 42.4 Å².